The van der Waals surface area contributed by atoms with Crippen LogP contribution in [0.1, 0.15) is 48.9 Å². The third-order valence-electron chi connectivity index (χ3n) is 6.86. The average molecular weight is 553 g/mol. The van der Waals surface area contributed by atoms with Crippen molar-refractivity contribution in [3.63, 3.8) is 0 Å². The van der Waals surface area contributed by atoms with E-state index in [-0.39, 0.29) is 23.5 Å². The molecule has 6 rings (SSSR count). The van der Waals surface area contributed by atoms with Gasteiger partial charge in [0.15, 0.2) is 0 Å². The molecule has 2 aromatic heterocycles. The molecule has 0 spiro atoms. The molecule has 0 amide bonds. The van der Waals surface area contributed by atoms with E-state index < -0.39 is 10.1 Å². The van der Waals surface area contributed by atoms with Gasteiger partial charge in [-0.25, -0.2) is 4.98 Å². The molecule has 0 aliphatic heterocycles. The summed E-state index contributed by atoms with van der Waals surface area (Å²) in [6.07, 6.45) is 7.90. The normalized spacial score (nSPS) is 20.2. The maximum Gasteiger partial charge on any atom is 0.296 e. The Morgan fingerprint density at radius 2 is 1.86 bits per heavy atom. The van der Waals surface area contributed by atoms with Crippen molar-refractivity contribution in [2.45, 2.75) is 49.5 Å². The molecule has 0 saturated heterocycles. The van der Waals surface area contributed by atoms with Gasteiger partial charge in [0, 0.05) is 22.2 Å². The smallest absolute Gasteiger partial charge is 0.269 e. The maximum absolute atomic E-state index is 12.5. The van der Waals surface area contributed by atoms with E-state index in [1.807, 2.05) is 36.0 Å². The Morgan fingerprint density at radius 3 is 2.60 bits per heavy atom. The zero-order valence-corrected chi connectivity index (χ0v) is 21.7. The van der Waals surface area contributed by atoms with Crippen molar-refractivity contribution in [1.29, 1.82) is 0 Å². The van der Waals surface area contributed by atoms with Gasteiger partial charge in [0.05, 0.1) is 46.2 Å². The van der Waals surface area contributed by atoms with Crippen LogP contribution in [0.2, 0.25) is 0 Å². The number of fused-ring (bicyclic) bond motifs is 1. The van der Waals surface area contributed by atoms with Gasteiger partial charge in [-0.15, -0.1) is 0 Å². The number of halogens is 1. The van der Waals surface area contributed by atoms with Crippen LogP contribution in [0.4, 0.5) is 0 Å². The molecule has 0 radical (unpaired) electrons. The van der Waals surface area contributed by atoms with Gasteiger partial charge >= 0.3 is 0 Å². The Labute approximate surface area is 212 Å². The minimum Gasteiger partial charge on any atom is -0.269 e. The molecule has 2 saturated carbocycles. The lowest BCUT2D eigenvalue weighted by Crippen LogP contribution is -2.31. The Balaban J connectivity index is 1.15. The Morgan fingerprint density at radius 1 is 1.09 bits per heavy atom. The first-order valence-corrected chi connectivity index (χ1v) is 14.0. The number of aryl methyl sites for hydroxylation is 1. The fourth-order valence-electron chi connectivity index (χ4n) is 4.57. The van der Waals surface area contributed by atoms with E-state index in [9.17, 15) is 8.42 Å². The van der Waals surface area contributed by atoms with Gasteiger partial charge in [0.2, 0.25) is 0 Å². The summed E-state index contributed by atoms with van der Waals surface area (Å²) in [6, 6.07) is 12.9. The number of aromatic nitrogens is 4. The van der Waals surface area contributed by atoms with E-state index in [2.05, 4.69) is 27.1 Å². The van der Waals surface area contributed by atoms with Crippen molar-refractivity contribution in [3.05, 3.63) is 70.6 Å². The van der Waals surface area contributed by atoms with Gasteiger partial charge in [-0.1, -0.05) is 33.6 Å². The summed E-state index contributed by atoms with van der Waals surface area (Å²) < 4.78 is 33.3. The van der Waals surface area contributed by atoms with E-state index in [4.69, 9.17) is 14.3 Å². The van der Waals surface area contributed by atoms with Crippen LogP contribution in [0.5, 0.6) is 0 Å². The number of rotatable bonds is 7. The van der Waals surface area contributed by atoms with Crippen molar-refractivity contribution in [2.24, 2.45) is 5.92 Å². The maximum atomic E-state index is 12.5. The minimum atomic E-state index is -3.73. The summed E-state index contributed by atoms with van der Waals surface area (Å²) in [5, 5.41) is 4.95. The fourth-order valence-corrected chi connectivity index (χ4v) is 5.90. The topological polar surface area (TPSA) is 87.0 Å². The highest BCUT2D eigenvalue weighted by Crippen LogP contribution is 2.45. The molecule has 180 valence electrons. The van der Waals surface area contributed by atoms with Crippen LogP contribution in [0.25, 0.3) is 22.3 Å². The highest BCUT2D eigenvalue weighted by atomic mass is 79.9. The summed E-state index contributed by atoms with van der Waals surface area (Å²) in [5.74, 6) is 0.670. The van der Waals surface area contributed by atoms with Gasteiger partial charge in [-0.05, 0) is 68.9 Å². The van der Waals surface area contributed by atoms with E-state index in [1.165, 1.54) is 0 Å². The zero-order valence-electron chi connectivity index (χ0n) is 19.3. The number of hydrogen-bond acceptors (Lipinski definition) is 6. The summed E-state index contributed by atoms with van der Waals surface area (Å²) in [7, 11) is -3.73. The molecular formula is C26H25BrN4O3S. The summed E-state index contributed by atoms with van der Waals surface area (Å²) in [4.78, 5) is 9.67. The number of benzene rings is 2. The second kappa shape index (κ2) is 8.80. The molecule has 0 bridgehead atoms. The van der Waals surface area contributed by atoms with Gasteiger partial charge in [0.1, 0.15) is 0 Å². The molecule has 9 heteroatoms. The quantitative estimate of drug-likeness (QED) is 0.269. The molecular weight excluding hydrogens is 528 g/mol. The van der Waals surface area contributed by atoms with Crippen molar-refractivity contribution in [2.75, 3.05) is 6.61 Å². The summed E-state index contributed by atoms with van der Waals surface area (Å²) in [6.45, 7) is 2.12. The molecule has 2 heterocycles. The Hall–Kier alpha value is -2.62. The van der Waals surface area contributed by atoms with E-state index >= 15 is 0 Å². The molecule has 7 nitrogen and oxygen atoms in total. The molecule has 0 atom stereocenters. The minimum absolute atomic E-state index is 0.191. The van der Waals surface area contributed by atoms with Crippen LogP contribution < -0.4 is 0 Å². The van der Waals surface area contributed by atoms with Crippen molar-refractivity contribution < 1.29 is 12.6 Å². The predicted molar refractivity (Wildman–Crippen MR) is 137 cm³/mol. The average Bonchev–Trinajstić information content (AvgIpc) is 3.57. The van der Waals surface area contributed by atoms with Crippen LogP contribution in [-0.2, 0) is 14.3 Å². The molecule has 0 unspecified atom stereocenters. The second-order valence-corrected chi connectivity index (χ2v) is 12.1. The lowest BCUT2D eigenvalue weighted by molar-refractivity contribution is 0.120. The number of hydrogen-bond donors (Lipinski definition) is 0. The van der Waals surface area contributed by atoms with Gasteiger partial charge < -0.3 is 0 Å². The van der Waals surface area contributed by atoms with Crippen LogP contribution >= 0.6 is 15.9 Å². The standard InChI is InChI=1S/C26H25BrN4O3S/c1-16-2-7-21(8-3-16)35(32,33)34-15-17-10-20(11-17)31-14-22(26(30-31)18-4-5-18)25-13-28-24-12-19(27)6-9-23(24)29-25/h2-3,6-9,12-14,17-18,20H,4-5,10-11,15H2,1H3. The highest BCUT2D eigenvalue weighted by molar-refractivity contribution is 9.10. The summed E-state index contributed by atoms with van der Waals surface area (Å²) in [5.41, 5.74) is 5.71. The van der Waals surface area contributed by atoms with E-state index in [1.54, 1.807) is 24.3 Å². The van der Waals surface area contributed by atoms with Gasteiger partial charge in [-0.3, -0.25) is 13.8 Å². The van der Waals surface area contributed by atoms with Crippen molar-refractivity contribution in [3.8, 4) is 11.3 Å². The lowest BCUT2D eigenvalue weighted by Gasteiger charge is -2.34. The van der Waals surface area contributed by atoms with Crippen molar-refractivity contribution in [1.82, 2.24) is 19.7 Å². The molecule has 35 heavy (non-hydrogen) atoms. The first-order valence-electron chi connectivity index (χ1n) is 11.8. The van der Waals surface area contributed by atoms with Crippen LogP contribution in [0.15, 0.2) is 64.2 Å². The van der Waals surface area contributed by atoms with Crippen LogP contribution in [0, 0.1) is 12.8 Å². The van der Waals surface area contributed by atoms with Gasteiger partial charge in [0.25, 0.3) is 10.1 Å². The zero-order chi connectivity index (χ0) is 24.2. The SMILES string of the molecule is Cc1ccc(S(=O)(=O)OCC2CC(n3cc(-c4cnc5cc(Br)ccc5n4)c(C4CC4)n3)C2)cc1. The Kier molecular flexibility index (Phi) is 5.74. The van der Waals surface area contributed by atoms with Crippen LogP contribution in [-0.4, -0.2) is 34.8 Å². The first kappa shape index (κ1) is 22.8. The predicted octanol–water partition coefficient (Wildman–Crippen LogP) is 5.80. The van der Waals surface area contributed by atoms with Crippen LogP contribution in [0.3, 0.4) is 0 Å². The third-order valence-corrected chi connectivity index (χ3v) is 8.65. The second-order valence-electron chi connectivity index (χ2n) is 9.61. The first-order chi connectivity index (χ1) is 16.9. The number of nitrogens with zero attached hydrogens (tertiary/aromatic N) is 4. The molecule has 2 aromatic carbocycles. The summed E-state index contributed by atoms with van der Waals surface area (Å²) >= 11 is 3.49. The highest BCUT2D eigenvalue weighted by Gasteiger charge is 2.36. The molecule has 2 fully saturated rings. The Bertz CT molecular complexity index is 1510. The molecule has 2 aliphatic carbocycles. The van der Waals surface area contributed by atoms with Crippen molar-refractivity contribution >= 4 is 37.1 Å². The van der Waals surface area contributed by atoms with E-state index in [0.717, 1.165) is 63.7 Å². The molecule has 4 aromatic rings. The fraction of sp³-hybridized carbons (Fsp3) is 0.346. The molecule has 0 N–H and O–H groups in total. The van der Waals surface area contributed by atoms with Gasteiger partial charge in [-0.2, -0.15) is 13.5 Å². The largest absolute Gasteiger partial charge is 0.296 e. The molecule has 2 aliphatic rings. The monoisotopic (exact) mass is 552 g/mol. The van der Waals surface area contributed by atoms with E-state index in [0.29, 0.717) is 5.92 Å². The lowest BCUT2D eigenvalue weighted by atomic mass is 9.81. The third kappa shape index (κ3) is 4.64.